The molecule has 13 nitrogen and oxygen atoms in total. The molecule has 1 fully saturated rings. The van der Waals surface area contributed by atoms with Gasteiger partial charge in [0.05, 0.1) is 25.4 Å². The highest BCUT2D eigenvalue weighted by Crippen LogP contribution is 2.26. The first-order valence-corrected chi connectivity index (χ1v) is 19.2. The van der Waals surface area contributed by atoms with Crippen LogP contribution in [0.5, 0.6) is 0 Å². The van der Waals surface area contributed by atoms with E-state index in [0.717, 1.165) is 51.4 Å². The van der Waals surface area contributed by atoms with Crippen molar-refractivity contribution in [1.29, 1.82) is 0 Å². The second-order valence-electron chi connectivity index (χ2n) is 12.6. The summed E-state index contributed by atoms with van der Waals surface area (Å²) in [6.07, 6.45) is 13.1. The largest absolute Gasteiger partial charge is 0.397 e. The number of aliphatic hydroxyl groups is 5. The topological polar surface area (TPSA) is 212 Å². The Labute approximate surface area is 287 Å². The third-order valence-corrected chi connectivity index (χ3v) is 8.80. The summed E-state index contributed by atoms with van der Waals surface area (Å²) in [5, 5.41) is 54.6. The average Bonchev–Trinajstić information content (AvgIpc) is 3.05. The SMILES string of the molecule is CCCC/C=C\CCCCCCC(O)C(=O)NC(COC1OC(CO)C(O)C(OS(=O)(=O)O)C1O)C(O)/C=C/CCCCCCCCC. The molecular weight excluding hydrogens is 646 g/mol. The van der Waals surface area contributed by atoms with Crippen LogP contribution in [0.25, 0.3) is 0 Å². The van der Waals surface area contributed by atoms with Crippen molar-refractivity contribution in [1.82, 2.24) is 5.32 Å². The number of rotatable bonds is 28. The second-order valence-corrected chi connectivity index (χ2v) is 13.6. The van der Waals surface area contributed by atoms with Gasteiger partial charge in [0.2, 0.25) is 5.91 Å². The van der Waals surface area contributed by atoms with Crippen molar-refractivity contribution < 1.29 is 57.0 Å². The Morgan fingerprint density at radius 2 is 1.40 bits per heavy atom. The van der Waals surface area contributed by atoms with Crippen molar-refractivity contribution >= 4 is 16.3 Å². The maximum absolute atomic E-state index is 12.9. The van der Waals surface area contributed by atoms with Gasteiger partial charge >= 0.3 is 10.4 Å². The Morgan fingerprint density at radius 1 is 0.833 bits per heavy atom. The Morgan fingerprint density at radius 3 is 2.00 bits per heavy atom. The molecule has 8 unspecified atom stereocenters. The van der Waals surface area contributed by atoms with E-state index in [1.54, 1.807) is 6.08 Å². The molecule has 1 saturated heterocycles. The number of carbonyl (C=O) groups excluding carboxylic acids is 1. The van der Waals surface area contributed by atoms with Crippen LogP contribution >= 0.6 is 0 Å². The first-order valence-electron chi connectivity index (χ1n) is 17.8. The number of unbranched alkanes of at least 4 members (excludes halogenated alkanes) is 13. The van der Waals surface area contributed by atoms with E-state index >= 15 is 0 Å². The van der Waals surface area contributed by atoms with Crippen LogP contribution in [0.3, 0.4) is 0 Å². The summed E-state index contributed by atoms with van der Waals surface area (Å²) in [6.45, 7) is 3.06. The van der Waals surface area contributed by atoms with Gasteiger partial charge in [-0.1, -0.05) is 109 Å². The summed E-state index contributed by atoms with van der Waals surface area (Å²) in [5.41, 5.74) is 0. The zero-order chi connectivity index (χ0) is 35.8. The molecular formula is C34H63NO12S. The molecule has 1 aliphatic heterocycles. The number of nitrogens with one attached hydrogen (secondary N) is 1. The van der Waals surface area contributed by atoms with Gasteiger partial charge in [0.15, 0.2) is 6.29 Å². The minimum atomic E-state index is -5.11. The third-order valence-electron chi connectivity index (χ3n) is 8.33. The number of hydrogen-bond donors (Lipinski definition) is 7. The maximum atomic E-state index is 12.9. The Kier molecular flexibility index (Phi) is 24.5. The van der Waals surface area contributed by atoms with Crippen LogP contribution in [0.1, 0.15) is 123 Å². The fourth-order valence-electron chi connectivity index (χ4n) is 5.38. The molecule has 1 aliphatic rings. The van der Waals surface area contributed by atoms with Gasteiger partial charge in [0.1, 0.15) is 30.5 Å². The van der Waals surface area contributed by atoms with Crippen LogP contribution in [0.2, 0.25) is 0 Å². The van der Waals surface area contributed by atoms with Crippen molar-refractivity contribution in [2.24, 2.45) is 0 Å². The van der Waals surface area contributed by atoms with Crippen LogP contribution in [0.4, 0.5) is 0 Å². The van der Waals surface area contributed by atoms with E-state index in [0.29, 0.717) is 12.8 Å². The predicted octanol–water partition coefficient (Wildman–Crippen LogP) is 3.62. The second kappa shape index (κ2) is 26.4. The van der Waals surface area contributed by atoms with E-state index < -0.39 is 78.5 Å². The lowest BCUT2D eigenvalue weighted by atomic mass is 9.99. The zero-order valence-electron chi connectivity index (χ0n) is 28.9. The highest BCUT2D eigenvalue weighted by molar-refractivity contribution is 7.80. The number of ether oxygens (including phenoxy) is 2. The molecule has 8 atom stereocenters. The minimum Gasteiger partial charge on any atom is -0.394 e. The molecule has 0 bridgehead atoms. The smallest absolute Gasteiger partial charge is 0.394 e. The van der Waals surface area contributed by atoms with Crippen LogP contribution < -0.4 is 5.32 Å². The minimum absolute atomic E-state index is 0.227. The number of aliphatic hydroxyl groups excluding tert-OH is 5. The molecule has 282 valence electrons. The summed E-state index contributed by atoms with van der Waals surface area (Å²) in [7, 11) is -5.11. The molecule has 0 aliphatic carbocycles. The summed E-state index contributed by atoms with van der Waals surface area (Å²) in [4.78, 5) is 12.9. The lowest BCUT2D eigenvalue weighted by Gasteiger charge is -2.41. The van der Waals surface area contributed by atoms with Crippen LogP contribution in [0.15, 0.2) is 24.3 Å². The van der Waals surface area contributed by atoms with Crippen molar-refractivity contribution in [3.8, 4) is 0 Å². The molecule has 0 aromatic heterocycles. The fraction of sp³-hybridized carbons (Fsp3) is 0.853. The number of allylic oxidation sites excluding steroid dienone is 3. The van der Waals surface area contributed by atoms with E-state index in [4.69, 9.17) is 14.0 Å². The van der Waals surface area contributed by atoms with Gasteiger partial charge in [-0.3, -0.25) is 9.35 Å². The van der Waals surface area contributed by atoms with Crippen molar-refractivity contribution in [3.05, 3.63) is 24.3 Å². The summed E-state index contributed by atoms with van der Waals surface area (Å²) < 4.78 is 47.1. The summed E-state index contributed by atoms with van der Waals surface area (Å²) in [5.74, 6) is -0.719. The Hall–Kier alpha value is -1.46. The number of hydrogen-bond acceptors (Lipinski definition) is 11. The van der Waals surface area contributed by atoms with Crippen LogP contribution in [0, 0.1) is 0 Å². The number of carbonyl (C=O) groups is 1. The van der Waals surface area contributed by atoms with Gasteiger partial charge in [-0.15, -0.1) is 0 Å². The van der Waals surface area contributed by atoms with E-state index in [1.165, 1.54) is 44.6 Å². The van der Waals surface area contributed by atoms with Crippen molar-refractivity contribution in [2.45, 2.75) is 172 Å². The molecule has 14 heteroatoms. The summed E-state index contributed by atoms with van der Waals surface area (Å²) in [6, 6.07) is -1.12. The van der Waals surface area contributed by atoms with Gasteiger partial charge in [-0.25, -0.2) is 4.18 Å². The molecule has 1 heterocycles. The lowest BCUT2D eigenvalue weighted by Crippen LogP contribution is -2.61. The molecule has 1 amide bonds. The normalized spacial score (nSPS) is 23.9. The van der Waals surface area contributed by atoms with Crippen LogP contribution in [-0.2, 0) is 28.9 Å². The Bertz CT molecular complexity index is 995. The van der Waals surface area contributed by atoms with Crippen molar-refractivity contribution in [3.63, 3.8) is 0 Å². The molecule has 0 spiro atoms. The van der Waals surface area contributed by atoms with Gasteiger partial charge in [-0.2, -0.15) is 8.42 Å². The van der Waals surface area contributed by atoms with E-state index in [-0.39, 0.29) is 6.42 Å². The highest BCUT2D eigenvalue weighted by Gasteiger charge is 2.48. The van der Waals surface area contributed by atoms with Gasteiger partial charge in [0, 0.05) is 0 Å². The van der Waals surface area contributed by atoms with E-state index in [2.05, 4.69) is 35.5 Å². The average molecular weight is 710 g/mol. The first-order chi connectivity index (χ1) is 22.9. The molecule has 48 heavy (non-hydrogen) atoms. The quantitative estimate of drug-likeness (QED) is 0.0353. The number of amides is 1. The third kappa shape index (κ3) is 19.7. The predicted molar refractivity (Wildman–Crippen MR) is 182 cm³/mol. The van der Waals surface area contributed by atoms with Gasteiger partial charge < -0.3 is 40.3 Å². The molecule has 0 aromatic rings. The molecule has 1 rings (SSSR count). The van der Waals surface area contributed by atoms with Crippen LogP contribution in [-0.4, -0.2) is 107 Å². The first kappa shape index (κ1) is 44.6. The highest BCUT2D eigenvalue weighted by atomic mass is 32.3. The van der Waals surface area contributed by atoms with Crippen molar-refractivity contribution in [2.75, 3.05) is 13.2 Å². The summed E-state index contributed by atoms with van der Waals surface area (Å²) >= 11 is 0. The fourth-order valence-corrected chi connectivity index (χ4v) is 5.89. The standard InChI is InChI=1S/C34H63NO12S/c1-3-5-7-9-11-13-15-17-19-21-23-28(38)33(41)35-26(27(37)22-20-18-16-14-12-10-8-6-4-2)25-45-34-31(40)32(47-48(42,43)44)30(39)29(24-36)46-34/h9,11,20,22,26-32,34,36-40H,3-8,10,12-19,21,23-25H2,1-2H3,(H,35,41)(H,42,43,44)/b11-9-,22-20+. The molecule has 0 saturated carbocycles. The lowest BCUT2D eigenvalue weighted by molar-refractivity contribution is -0.298. The van der Waals surface area contributed by atoms with E-state index in [9.17, 15) is 38.7 Å². The maximum Gasteiger partial charge on any atom is 0.397 e. The molecule has 0 radical (unpaired) electrons. The van der Waals surface area contributed by atoms with E-state index in [1.807, 2.05) is 0 Å². The van der Waals surface area contributed by atoms with Gasteiger partial charge in [0.25, 0.3) is 0 Å². The monoisotopic (exact) mass is 709 g/mol. The molecule has 7 N–H and O–H groups in total. The Balaban J connectivity index is 2.78. The molecule has 0 aromatic carbocycles. The van der Waals surface area contributed by atoms with Gasteiger partial charge in [-0.05, 0) is 38.5 Å². The zero-order valence-corrected chi connectivity index (χ0v) is 29.7.